The summed E-state index contributed by atoms with van der Waals surface area (Å²) in [5.74, 6) is -1.95. The summed E-state index contributed by atoms with van der Waals surface area (Å²) in [5, 5.41) is 0. The lowest BCUT2D eigenvalue weighted by Gasteiger charge is -2.28. The molecule has 0 radical (unpaired) electrons. The van der Waals surface area contributed by atoms with Gasteiger partial charge >= 0.3 is 18.2 Å². The van der Waals surface area contributed by atoms with Crippen molar-refractivity contribution in [2.24, 2.45) is 0 Å². The van der Waals surface area contributed by atoms with E-state index in [4.69, 9.17) is 14.2 Å². The number of fused-ring (bicyclic) bond motifs is 1. The summed E-state index contributed by atoms with van der Waals surface area (Å²) in [4.78, 5) is 51.2. The molecule has 0 aliphatic heterocycles. The van der Waals surface area contributed by atoms with E-state index in [-0.39, 0.29) is 24.5 Å². The molecule has 2 aromatic rings. The van der Waals surface area contributed by atoms with Gasteiger partial charge in [-0.25, -0.2) is 29.3 Å². The Bertz CT molecular complexity index is 1210. The quantitative estimate of drug-likeness (QED) is 0.200. The molecule has 0 saturated carbocycles. The number of aromatic nitrogens is 4. The average molecular weight is 554 g/mol. The third-order valence-corrected chi connectivity index (χ3v) is 6.02. The normalized spacial score (nSPS) is 13.4. The van der Waals surface area contributed by atoms with Crippen LogP contribution in [0, 0.1) is 0 Å². The van der Waals surface area contributed by atoms with Gasteiger partial charge in [0.1, 0.15) is 24.7 Å². The van der Waals surface area contributed by atoms with Crippen LogP contribution >= 0.6 is 7.14 Å². The lowest BCUT2D eigenvalue weighted by atomic mass is 10.2. The molecule has 2 rings (SSSR count). The fourth-order valence-corrected chi connectivity index (χ4v) is 4.09. The van der Waals surface area contributed by atoms with Gasteiger partial charge in [-0.2, -0.15) is 4.90 Å². The number of imide groups is 1. The number of ether oxygens (including phenoxy) is 4. The zero-order chi connectivity index (χ0) is 28.9. The van der Waals surface area contributed by atoms with Crippen LogP contribution in [0.15, 0.2) is 24.8 Å². The van der Waals surface area contributed by atoms with Gasteiger partial charge in [0.25, 0.3) is 0 Å². The van der Waals surface area contributed by atoms with Gasteiger partial charge in [0.2, 0.25) is 5.85 Å². The minimum Gasteiger partial charge on any atom is -0.467 e. The van der Waals surface area contributed by atoms with Crippen LogP contribution in [0.5, 0.6) is 0 Å². The highest BCUT2D eigenvalue weighted by Gasteiger charge is 2.36. The first kappa shape index (κ1) is 30.9. The Kier molecular flexibility index (Phi) is 9.79. The average Bonchev–Trinajstić information content (AvgIpc) is 3.16. The van der Waals surface area contributed by atoms with Gasteiger partial charge in [0.05, 0.1) is 20.0 Å². The second-order valence-electron chi connectivity index (χ2n) is 10.7. The van der Waals surface area contributed by atoms with Gasteiger partial charge in [0.15, 0.2) is 17.0 Å². The van der Waals surface area contributed by atoms with Gasteiger partial charge in [-0.05, 0) is 54.9 Å². The van der Waals surface area contributed by atoms with Crippen LogP contribution in [0.3, 0.4) is 0 Å². The number of hydrogen-bond acceptors (Lipinski definition) is 11. The molecule has 0 aliphatic rings. The molecule has 2 aromatic heterocycles. The van der Waals surface area contributed by atoms with Crippen molar-refractivity contribution in [3.05, 3.63) is 24.8 Å². The van der Waals surface area contributed by atoms with Crippen molar-refractivity contribution in [3.8, 4) is 0 Å². The first-order valence-electron chi connectivity index (χ1n) is 11.8. The molecular formula is C24H36N5O8P. The molecule has 2 amide bonds. The summed E-state index contributed by atoms with van der Waals surface area (Å²) < 4.78 is 34.9. The summed E-state index contributed by atoms with van der Waals surface area (Å²) in [6.45, 7) is 13.2. The molecule has 38 heavy (non-hydrogen) atoms. The first-order valence-corrected chi connectivity index (χ1v) is 14.4. The van der Waals surface area contributed by atoms with Gasteiger partial charge < -0.3 is 28.1 Å². The van der Waals surface area contributed by atoms with Crippen molar-refractivity contribution >= 4 is 42.3 Å². The van der Waals surface area contributed by atoms with E-state index in [1.165, 1.54) is 33.1 Å². The maximum atomic E-state index is 13.0. The van der Waals surface area contributed by atoms with Crippen molar-refractivity contribution in [2.75, 3.05) is 31.9 Å². The summed E-state index contributed by atoms with van der Waals surface area (Å²) in [7, 11) is -1.67. The van der Waals surface area contributed by atoms with Gasteiger partial charge in [-0.3, -0.25) is 0 Å². The second kappa shape index (κ2) is 12.0. The van der Waals surface area contributed by atoms with E-state index in [1.807, 2.05) is 0 Å². The Hall–Kier alpha value is -3.31. The second-order valence-corrected chi connectivity index (χ2v) is 14.0. The van der Waals surface area contributed by atoms with Gasteiger partial charge in [-0.15, -0.1) is 0 Å². The summed E-state index contributed by atoms with van der Waals surface area (Å²) in [6.07, 6.45) is 4.11. The van der Waals surface area contributed by atoms with Gasteiger partial charge in [0, 0.05) is 6.54 Å². The minimum atomic E-state index is -2.88. The highest BCUT2D eigenvalue weighted by Crippen LogP contribution is 2.43. The molecule has 0 fully saturated rings. The standard InChI is InChI=1S/C24H36N5O8P/c1-23(2,3)36-21(31)29(22(32)37-24(4,5)6)18-16-17(25-14-26-18)28(15-27-16)12-10-11-13-35-20(19(30)34-7)38(8,9)33/h10-11,14-15,20H,12-13H2,1-9H3/b11-10-. The van der Waals surface area contributed by atoms with Crippen molar-refractivity contribution in [3.63, 3.8) is 0 Å². The third kappa shape index (κ3) is 8.63. The molecule has 0 spiro atoms. The molecule has 1 unspecified atom stereocenters. The van der Waals surface area contributed by atoms with Gasteiger partial charge in [-0.1, -0.05) is 12.2 Å². The summed E-state index contributed by atoms with van der Waals surface area (Å²) in [6, 6.07) is 0. The first-order chi connectivity index (χ1) is 17.4. The van der Waals surface area contributed by atoms with Crippen molar-refractivity contribution in [1.82, 2.24) is 19.5 Å². The molecule has 0 saturated heterocycles. The molecule has 0 N–H and O–H groups in total. The summed E-state index contributed by atoms with van der Waals surface area (Å²) in [5.41, 5.74) is -1.24. The molecule has 14 heteroatoms. The molecule has 1 atom stereocenters. The Morgan fingerprint density at radius 2 is 1.58 bits per heavy atom. The number of esters is 1. The number of carbonyl (C=O) groups is 3. The highest BCUT2D eigenvalue weighted by atomic mass is 31.2. The predicted octanol–water partition coefficient (Wildman–Crippen LogP) is 4.20. The maximum absolute atomic E-state index is 13.0. The Labute approximate surface area is 221 Å². The largest absolute Gasteiger partial charge is 0.467 e. The number of anilines is 1. The number of imidazole rings is 1. The van der Waals surface area contributed by atoms with Crippen LogP contribution in [-0.4, -0.2) is 81.8 Å². The Morgan fingerprint density at radius 3 is 2.08 bits per heavy atom. The zero-order valence-electron chi connectivity index (χ0n) is 23.3. The Morgan fingerprint density at radius 1 is 1.00 bits per heavy atom. The fraction of sp³-hybridized carbons (Fsp3) is 0.583. The number of amides is 2. The van der Waals surface area contributed by atoms with E-state index in [2.05, 4.69) is 19.7 Å². The molecule has 0 aliphatic carbocycles. The third-order valence-electron chi connectivity index (χ3n) is 4.53. The highest BCUT2D eigenvalue weighted by molar-refractivity contribution is 7.63. The number of hydrogen-bond donors (Lipinski definition) is 0. The molecule has 0 aromatic carbocycles. The van der Waals surface area contributed by atoms with Crippen LogP contribution in [-0.2, 0) is 34.9 Å². The van der Waals surface area contributed by atoms with Crippen molar-refractivity contribution in [2.45, 2.75) is 65.1 Å². The van der Waals surface area contributed by atoms with E-state index in [0.29, 0.717) is 10.5 Å². The van der Waals surface area contributed by atoms with E-state index in [0.717, 1.165) is 0 Å². The van der Waals surface area contributed by atoms with E-state index in [1.54, 1.807) is 58.3 Å². The number of carbonyl (C=O) groups excluding carboxylic acids is 3. The van der Waals surface area contributed by atoms with Crippen LogP contribution in [0.2, 0.25) is 0 Å². The zero-order valence-corrected chi connectivity index (χ0v) is 24.1. The number of allylic oxidation sites excluding steroid dienone is 1. The number of methoxy groups -OCH3 is 1. The Balaban J connectivity index is 2.30. The van der Waals surface area contributed by atoms with E-state index < -0.39 is 42.3 Å². The summed E-state index contributed by atoms with van der Waals surface area (Å²) >= 11 is 0. The number of rotatable bonds is 8. The number of nitrogens with zero attached hydrogens (tertiary/aromatic N) is 5. The molecular weight excluding hydrogens is 517 g/mol. The van der Waals surface area contributed by atoms with Crippen LogP contribution in [0.1, 0.15) is 41.5 Å². The predicted molar refractivity (Wildman–Crippen MR) is 141 cm³/mol. The van der Waals surface area contributed by atoms with Crippen molar-refractivity contribution < 1.29 is 37.9 Å². The molecule has 2 heterocycles. The topological polar surface area (TPSA) is 152 Å². The lowest BCUT2D eigenvalue weighted by molar-refractivity contribution is -0.148. The molecule has 0 bridgehead atoms. The van der Waals surface area contributed by atoms with E-state index in [9.17, 15) is 18.9 Å². The maximum Gasteiger partial charge on any atom is 0.425 e. The fourth-order valence-electron chi connectivity index (χ4n) is 3.03. The minimum absolute atomic E-state index is 0.0172. The van der Waals surface area contributed by atoms with Crippen molar-refractivity contribution in [1.29, 1.82) is 0 Å². The molecule has 13 nitrogen and oxygen atoms in total. The lowest BCUT2D eigenvalue weighted by Crippen LogP contribution is -2.44. The SMILES string of the molecule is COC(=O)C(OC/C=C\Cn1cnc2c(N(C(=O)OC(C)(C)C)C(=O)OC(C)(C)C)ncnc21)P(C)(C)=O. The van der Waals surface area contributed by atoms with E-state index >= 15 is 0 Å². The van der Waals surface area contributed by atoms with Crippen LogP contribution < -0.4 is 4.90 Å². The molecule has 210 valence electrons. The van der Waals surface area contributed by atoms with Crippen LogP contribution in [0.25, 0.3) is 11.2 Å². The van der Waals surface area contributed by atoms with Crippen LogP contribution in [0.4, 0.5) is 15.4 Å². The monoisotopic (exact) mass is 553 g/mol. The smallest absolute Gasteiger partial charge is 0.425 e.